The Kier molecular flexibility index (Phi) is 6.92. The normalized spacial score (nSPS) is 22.2. The first-order valence-corrected chi connectivity index (χ1v) is 12.8. The predicted molar refractivity (Wildman–Crippen MR) is 132 cm³/mol. The first kappa shape index (κ1) is 24.5. The summed E-state index contributed by atoms with van der Waals surface area (Å²) in [5, 5.41) is 8.30. The van der Waals surface area contributed by atoms with Gasteiger partial charge in [-0.1, -0.05) is 54.6 Å². The van der Waals surface area contributed by atoms with Crippen LogP contribution in [0.5, 0.6) is 5.75 Å². The molecular formula is C25H23Cl2NO5S. The van der Waals surface area contributed by atoms with Crippen LogP contribution >= 0.6 is 23.2 Å². The predicted octanol–water partition coefficient (Wildman–Crippen LogP) is 4.95. The van der Waals surface area contributed by atoms with Crippen LogP contribution in [0.1, 0.15) is 12.0 Å². The first-order valence-electron chi connectivity index (χ1n) is 10.5. The van der Waals surface area contributed by atoms with Crippen LogP contribution in [0.4, 0.5) is 0 Å². The smallest absolute Gasteiger partial charge is 0.318 e. The molecule has 0 amide bonds. The van der Waals surface area contributed by atoms with Crippen LogP contribution in [0.2, 0.25) is 0 Å². The molecule has 1 N–H and O–H groups in total. The van der Waals surface area contributed by atoms with Crippen molar-refractivity contribution in [2.24, 2.45) is 0 Å². The number of halogens is 2. The third-order valence-electron chi connectivity index (χ3n) is 6.12. The zero-order chi connectivity index (χ0) is 24.5. The lowest BCUT2D eigenvalue weighted by atomic mass is 9.70. The highest BCUT2D eigenvalue weighted by atomic mass is 35.5. The molecule has 0 radical (unpaired) electrons. The molecule has 178 valence electrons. The summed E-state index contributed by atoms with van der Waals surface area (Å²) < 4.78 is 33.9. The van der Waals surface area contributed by atoms with Crippen molar-refractivity contribution in [2.45, 2.75) is 27.6 Å². The first-order chi connectivity index (χ1) is 16.2. The van der Waals surface area contributed by atoms with E-state index in [4.69, 9.17) is 27.9 Å². The van der Waals surface area contributed by atoms with Crippen molar-refractivity contribution in [2.75, 3.05) is 13.7 Å². The van der Waals surface area contributed by atoms with Gasteiger partial charge in [0.05, 0.1) is 28.3 Å². The Morgan fingerprint density at radius 1 is 1.06 bits per heavy atom. The number of aliphatic carboxylic acids is 1. The van der Waals surface area contributed by atoms with E-state index in [0.29, 0.717) is 11.3 Å². The maximum Gasteiger partial charge on any atom is 0.318 e. The fraction of sp³-hybridized carbons (Fsp3) is 0.240. The van der Waals surface area contributed by atoms with Crippen LogP contribution in [-0.2, 0) is 20.4 Å². The lowest BCUT2D eigenvalue weighted by molar-refractivity contribution is -0.138. The average molecular weight is 520 g/mol. The van der Waals surface area contributed by atoms with Crippen molar-refractivity contribution >= 4 is 39.2 Å². The topological polar surface area (TPSA) is 83.9 Å². The summed E-state index contributed by atoms with van der Waals surface area (Å²) in [4.78, 5) is 11.9. The third-order valence-corrected chi connectivity index (χ3v) is 9.22. The molecule has 3 unspecified atom stereocenters. The van der Waals surface area contributed by atoms with E-state index in [2.05, 4.69) is 0 Å². The highest BCUT2D eigenvalue weighted by molar-refractivity contribution is 7.89. The number of benzene rings is 3. The number of rotatable bonds is 8. The van der Waals surface area contributed by atoms with Crippen molar-refractivity contribution in [3.8, 4) is 16.9 Å². The van der Waals surface area contributed by atoms with Gasteiger partial charge in [0.15, 0.2) is 0 Å². The minimum absolute atomic E-state index is 0.0154. The van der Waals surface area contributed by atoms with E-state index in [0.717, 1.165) is 15.4 Å². The molecule has 0 aliphatic heterocycles. The van der Waals surface area contributed by atoms with E-state index in [1.54, 1.807) is 37.4 Å². The minimum atomic E-state index is -4.22. The van der Waals surface area contributed by atoms with Gasteiger partial charge in [-0.05, 0) is 41.8 Å². The molecular weight excluding hydrogens is 497 g/mol. The molecule has 1 fully saturated rings. The van der Waals surface area contributed by atoms with E-state index >= 15 is 0 Å². The lowest BCUT2D eigenvalue weighted by Gasteiger charge is -2.55. The van der Waals surface area contributed by atoms with Crippen molar-refractivity contribution in [3.05, 3.63) is 84.4 Å². The Balaban J connectivity index is 1.91. The molecule has 0 spiro atoms. The number of sulfonamides is 1. The zero-order valence-electron chi connectivity index (χ0n) is 18.3. The fourth-order valence-corrected chi connectivity index (χ4v) is 7.12. The number of para-hydroxylation sites is 1. The van der Waals surface area contributed by atoms with Gasteiger partial charge in [-0.2, -0.15) is 4.31 Å². The molecule has 9 heteroatoms. The molecule has 1 aliphatic rings. The number of carboxylic acid groups (broad SMARTS) is 1. The molecule has 3 aromatic carbocycles. The van der Waals surface area contributed by atoms with Gasteiger partial charge < -0.3 is 9.84 Å². The van der Waals surface area contributed by atoms with E-state index in [1.165, 1.54) is 12.1 Å². The number of carboxylic acids is 1. The zero-order valence-corrected chi connectivity index (χ0v) is 20.6. The Labute approximate surface area is 208 Å². The monoisotopic (exact) mass is 519 g/mol. The third kappa shape index (κ3) is 4.18. The van der Waals surface area contributed by atoms with Gasteiger partial charge in [-0.15, -0.1) is 23.2 Å². The number of methoxy groups -OCH3 is 1. The number of hydrogen-bond donors (Lipinski definition) is 1. The molecule has 4 rings (SSSR count). The average Bonchev–Trinajstić information content (AvgIpc) is 2.86. The Hall–Kier alpha value is -2.58. The maximum atomic E-state index is 13.7. The maximum absolute atomic E-state index is 13.7. The fourth-order valence-electron chi connectivity index (χ4n) is 4.43. The number of ether oxygens (including phenoxy) is 1. The molecule has 3 atom stereocenters. The van der Waals surface area contributed by atoms with Crippen LogP contribution in [0.15, 0.2) is 83.8 Å². The van der Waals surface area contributed by atoms with Gasteiger partial charge in [0.2, 0.25) is 10.0 Å². The van der Waals surface area contributed by atoms with E-state index < -0.39 is 38.8 Å². The van der Waals surface area contributed by atoms with Gasteiger partial charge in [-0.25, -0.2) is 8.42 Å². The highest BCUT2D eigenvalue weighted by Gasteiger charge is 2.61. The number of nitrogens with zero attached hydrogens (tertiary/aromatic N) is 1. The van der Waals surface area contributed by atoms with Crippen LogP contribution in [0.3, 0.4) is 0 Å². The van der Waals surface area contributed by atoms with Gasteiger partial charge >= 0.3 is 5.97 Å². The van der Waals surface area contributed by atoms with Gasteiger partial charge in [0.25, 0.3) is 0 Å². The molecule has 6 nitrogen and oxygen atoms in total. The minimum Gasteiger partial charge on any atom is -0.496 e. The van der Waals surface area contributed by atoms with Crippen LogP contribution < -0.4 is 4.74 Å². The lowest BCUT2D eigenvalue weighted by Crippen LogP contribution is -2.66. The molecule has 0 heterocycles. The van der Waals surface area contributed by atoms with Crippen molar-refractivity contribution in [1.29, 1.82) is 0 Å². The largest absolute Gasteiger partial charge is 0.496 e. The van der Waals surface area contributed by atoms with E-state index in [9.17, 15) is 18.3 Å². The quantitative estimate of drug-likeness (QED) is 0.425. The molecule has 0 saturated heterocycles. The SMILES string of the molecule is COc1ccccc1-c1cccc(C2(N(CC(=O)O)S(=O)(=O)c3ccccc3)CC(Cl)C2Cl)c1. The number of hydrogen-bond acceptors (Lipinski definition) is 4. The van der Waals surface area contributed by atoms with Gasteiger partial charge in [0, 0.05) is 5.56 Å². The molecule has 3 aromatic rings. The molecule has 34 heavy (non-hydrogen) atoms. The molecule has 0 bridgehead atoms. The van der Waals surface area contributed by atoms with Crippen molar-refractivity contribution in [1.82, 2.24) is 4.31 Å². The second kappa shape index (κ2) is 9.58. The van der Waals surface area contributed by atoms with Crippen LogP contribution in [-0.4, -0.2) is 48.2 Å². The van der Waals surface area contributed by atoms with Gasteiger partial charge in [-0.3, -0.25) is 4.79 Å². The van der Waals surface area contributed by atoms with E-state index in [1.807, 2.05) is 36.4 Å². The summed E-state index contributed by atoms with van der Waals surface area (Å²) in [5.41, 5.74) is 0.807. The highest BCUT2D eigenvalue weighted by Crippen LogP contribution is 2.54. The second-order valence-electron chi connectivity index (χ2n) is 8.05. The summed E-state index contributed by atoms with van der Waals surface area (Å²) >= 11 is 13.1. The van der Waals surface area contributed by atoms with Crippen molar-refractivity contribution < 1.29 is 23.1 Å². The molecule has 1 aliphatic carbocycles. The summed E-state index contributed by atoms with van der Waals surface area (Å²) in [5.74, 6) is -0.638. The summed E-state index contributed by atoms with van der Waals surface area (Å²) in [6, 6.07) is 22.4. The Morgan fingerprint density at radius 2 is 1.74 bits per heavy atom. The van der Waals surface area contributed by atoms with E-state index in [-0.39, 0.29) is 11.3 Å². The van der Waals surface area contributed by atoms with Gasteiger partial charge in [0.1, 0.15) is 12.3 Å². The molecule has 0 aromatic heterocycles. The van der Waals surface area contributed by atoms with Crippen molar-refractivity contribution in [3.63, 3.8) is 0 Å². The van der Waals surface area contributed by atoms with Crippen LogP contribution in [0.25, 0.3) is 11.1 Å². The second-order valence-corrected chi connectivity index (χ2v) is 10.9. The van der Waals surface area contributed by atoms with Crippen LogP contribution in [0, 0.1) is 0 Å². The summed E-state index contributed by atoms with van der Waals surface area (Å²) in [6.45, 7) is -0.761. The standard InChI is InChI=1S/C25H23Cl2NO5S/c1-33-22-13-6-5-12-20(22)17-8-7-9-18(14-17)25(15-21(26)24(25)27)28(16-23(29)30)34(31,32)19-10-3-2-4-11-19/h2-14,21,24H,15-16H2,1H3,(H,29,30). The Morgan fingerprint density at radius 3 is 2.35 bits per heavy atom. The Bertz CT molecular complexity index is 1300. The molecule has 1 saturated carbocycles. The summed E-state index contributed by atoms with van der Waals surface area (Å²) in [6.07, 6.45) is 0.164. The summed E-state index contributed by atoms with van der Waals surface area (Å²) in [7, 11) is -2.65. The number of alkyl halides is 2. The number of carbonyl (C=O) groups is 1.